The van der Waals surface area contributed by atoms with Gasteiger partial charge in [-0.2, -0.15) is 5.10 Å². The Balaban J connectivity index is 1.82. The molecule has 0 amide bonds. The van der Waals surface area contributed by atoms with Crippen LogP contribution in [0.25, 0.3) is 0 Å². The van der Waals surface area contributed by atoms with Crippen LogP contribution in [0.1, 0.15) is 6.92 Å². The van der Waals surface area contributed by atoms with Crippen LogP contribution >= 0.6 is 0 Å². The topological polar surface area (TPSA) is 84.9 Å². The van der Waals surface area contributed by atoms with Gasteiger partial charge in [-0.25, -0.2) is 9.67 Å². The molecule has 0 bridgehead atoms. The molecule has 24 heavy (non-hydrogen) atoms. The zero-order chi connectivity index (χ0) is 16.8. The first-order valence-corrected chi connectivity index (χ1v) is 7.86. The molecule has 0 aliphatic rings. The molecule has 0 aliphatic carbocycles. The second-order valence-corrected chi connectivity index (χ2v) is 5.80. The molecule has 1 N–H and O–H groups in total. The number of nitrogens with zero attached hydrogens (tertiary/aromatic N) is 7. The molecule has 3 aromatic rings. The number of aromatic nitrogens is 6. The lowest BCUT2D eigenvalue weighted by Crippen LogP contribution is -2.49. The Bertz CT molecular complexity index is 676. The molecule has 2 heterocycles. The summed E-state index contributed by atoms with van der Waals surface area (Å²) in [5.74, 6) is 0. The van der Waals surface area contributed by atoms with Crippen molar-refractivity contribution in [3.63, 3.8) is 0 Å². The van der Waals surface area contributed by atoms with E-state index in [-0.39, 0.29) is 0 Å². The molecule has 8 nitrogen and oxygen atoms in total. The number of hydrogen-bond acceptors (Lipinski definition) is 6. The number of benzene rings is 1. The van der Waals surface area contributed by atoms with E-state index in [1.165, 1.54) is 6.33 Å². The van der Waals surface area contributed by atoms with E-state index in [0.29, 0.717) is 19.6 Å². The fraction of sp³-hybridized carbons (Fsp3) is 0.375. The van der Waals surface area contributed by atoms with Gasteiger partial charge in [0.1, 0.15) is 30.9 Å². The molecule has 0 saturated carbocycles. The monoisotopic (exact) mass is 327 g/mol. The van der Waals surface area contributed by atoms with E-state index >= 15 is 0 Å². The number of hydrogen-bond donors (Lipinski definition) is 1. The Kier molecular flexibility index (Phi) is 4.85. The minimum atomic E-state index is -1.05. The molecule has 2 aromatic heterocycles. The number of rotatable bonds is 8. The zero-order valence-electron chi connectivity index (χ0n) is 13.6. The van der Waals surface area contributed by atoms with E-state index in [1.54, 1.807) is 28.2 Å². The molecule has 0 spiro atoms. The van der Waals surface area contributed by atoms with Gasteiger partial charge in [-0.1, -0.05) is 18.2 Å². The van der Waals surface area contributed by atoms with Crippen LogP contribution < -0.4 is 4.90 Å². The molecule has 1 unspecified atom stereocenters. The van der Waals surface area contributed by atoms with Crippen molar-refractivity contribution < 1.29 is 5.11 Å². The zero-order valence-corrected chi connectivity index (χ0v) is 13.6. The number of para-hydroxylation sites is 1. The summed E-state index contributed by atoms with van der Waals surface area (Å²) in [4.78, 5) is 6.10. The first-order chi connectivity index (χ1) is 11.7. The van der Waals surface area contributed by atoms with Crippen molar-refractivity contribution in [2.24, 2.45) is 0 Å². The van der Waals surface area contributed by atoms with Crippen molar-refractivity contribution in [2.45, 2.75) is 25.6 Å². The predicted molar refractivity (Wildman–Crippen MR) is 89.3 cm³/mol. The van der Waals surface area contributed by atoms with Gasteiger partial charge < -0.3 is 14.6 Å². The molecule has 0 saturated heterocycles. The number of anilines is 1. The van der Waals surface area contributed by atoms with Crippen molar-refractivity contribution in [1.29, 1.82) is 0 Å². The maximum absolute atomic E-state index is 11.3. The van der Waals surface area contributed by atoms with Crippen LogP contribution in [0, 0.1) is 0 Å². The number of aliphatic hydroxyl groups is 1. The fourth-order valence-electron chi connectivity index (χ4n) is 2.79. The van der Waals surface area contributed by atoms with E-state index < -0.39 is 5.60 Å². The third-order valence-corrected chi connectivity index (χ3v) is 3.85. The average Bonchev–Trinajstić information content (AvgIpc) is 3.27. The Labute approximate surface area is 140 Å². The molecular formula is C16H21N7O. The summed E-state index contributed by atoms with van der Waals surface area (Å²) in [6, 6.07) is 10.1. The highest BCUT2D eigenvalue weighted by molar-refractivity contribution is 5.46. The first kappa shape index (κ1) is 16.1. The van der Waals surface area contributed by atoms with Gasteiger partial charge in [0.15, 0.2) is 0 Å². The molecular weight excluding hydrogens is 306 g/mol. The highest BCUT2D eigenvalue weighted by Crippen LogP contribution is 2.19. The quantitative estimate of drug-likeness (QED) is 0.659. The van der Waals surface area contributed by atoms with Gasteiger partial charge in [0.05, 0.1) is 19.6 Å². The smallest absolute Gasteiger partial charge is 0.137 e. The SMILES string of the molecule is CCN(CC(O)(Cn1cnnc1)Cn1cncn1)c1ccccc1. The summed E-state index contributed by atoms with van der Waals surface area (Å²) in [5.41, 5.74) is 0.0165. The second kappa shape index (κ2) is 7.22. The van der Waals surface area contributed by atoms with Gasteiger partial charge in [0.25, 0.3) is 0 Å². The summed E-state index contributed by atoms with van der Waals surface area (Å²) < 4.78 is 3.42. The van der Waals surface area contributed by atoms with E-state index in [0.717, 1.165) is 12.2 Å². The normalized spacial score (nSPS) is 13.6. The third-order valence-electron chi connectivity index (χ3n) is 3.85. The van der Waals surface area contributed by atoms with Gasteiger partial charge in [-0.05, 0) is 19.1 Å². The van der Waals surface area contributed by atoms with Crippen LogP contribution in [0.15, 0.2) is 55.6 Å². The standard InChI is InChI=1S/C16H21N7O/c1-2-22(15-6-4-3-5-7-15)9-16(24,8-21-13-18-19-14-21)10-23-12-17-11-20-23/h3-7,11-14,24H,2,8-10H2,1H3. The molecule has 1 atom stereocenters. The molecule has 0 radical (unpaired) electrons. The molecule has 0 aliphatic heterocycles. The van der Waals surface area contributed by atoms with Crippen LogP contribution in [0.5, 0.6) is 0 Å². The Morgan fingerprint density at radius 1 is 1.08 bits per heavy atom. The largest absolute Gasteiger partial charge is 0.384 e. The van der Waals surface area contributed by atoms with Gasteiger partial charge >= 0.3 is 0 Å². The Morgan fingerprint density at radius 3 is 2.46 bits per heavy atom. The highest BCUT2D eigenvalue weighted by Gasteiger charge is 2.31. The molecule has 8 heteroatoms. The minimum absolute atomic E-state index is 0.328. The van der Waals surface area contributed by atoms with Crippen LogP contribution in [0.4, 0.5) is 5.69 Å². The number of likely N-dealkylation sites (N-methyl/N-ethyl adjacent to an activating group) is 1. The summed E-state index contributed by atoms with van der Waals surface area (Å²) in [7, 11) is 0. The third kappa shape index (κ3) is 3.96. The second-order valence-electron chi connectivity index (χ2n) is 5.80. The van der Waals surface area contributed by atoms with E-state index in [9.17, 15) is 5.11 Å². The molecule has 0 fully saturated rings. The first-order valence-electron chi connectivity index (χ1n) is 7.86. The maximum Gasteiger partial charge on any atom is 0.137 e. The summed E-state index contributed by atoms with van der Waals surface area (Å²) in [6.07, 6.45) is 6.28. The van der Waals surface area contributed by atoms with Crippen molar-refractivity contribution in [3.05, 3.63) is 55.6 Å². The van der Waals surface area contributed by atoms with Crippen molar-refractivity contribution in [3.8, 4) is 0 Å². The summed E-state index contributed by atoms with van der Waals surface area (Å²) in [6.45, 7) is 4.00. The maximum atomic E-state index is 11.3. The van der Waals surface area contributed by atoms with E-state index in [2.05, 4.69) is 32.1 Å². The fourth-order valence-corrected chi connectivity index (χ4v) is 2.79. The van der Waals surface area contributed by atoms with Crippen molar-refractivity contribution >= 4 is 5.69 Å². The van der Waals surface area contributed by atoms with Crippen LogP contribution in [0.3, 0.4) is 0 Å². The molecule has 126 valence electrons. The predicted octanol–water partition coefficient (Wildman–Crippen LogP) is 0.827. The van der Waals surface area contributed by atoms with Crippen LogP contribution in [0.2, 0.25) is 0 Å². The minimum Gasteiger partial charge on any atom is -0.384 e. The summed E-state index contributed by atoms with van der Waals surface area (Å²) >= 11 is 0. The van der Waals surface area contributed by atoms with Gasteiger partial charge in [-0.15, -0.1) is 10.2 Å². The summed E-state index contributed by atoms with van der Waals surface area (Å²) in [5, 5.41) is 23.1. The van der Waals surface area contributed by atoms with Crippen molar-refractivity contribution in [1.82, 2.24) is 29.5 Å². The lowest BCUT2D eigenvalue weighted by atomic mass is 10.0. The highest BCUT2D eigenvalue weighted by atomic mass is 16.3. The van der Waals surface area contributed by atoms with Crippen molar-refractivity contribution in [2.75, 3.05) is 18.0 Å². The van der Waals surface area contributed by atoms with Gasteiger partial charge in [0, 0.05) is 12.2 Å². The van der Waals surface area contributed by atoms with Crippen LogP contribution in [-0.4, -0.2) is 53.3 Å². The lowest BCUT2D eigenvalue weighted by Gasteiger charge is -2.35. The van der Waals surface area contributed by atoms with Crippen LogP contribution in [-0.2, 0) is 13.1 Å². The lowest BCUT2D eigenvalue weighted by molar-refractivity contribution is 0.00959. The van der Waals surface area contributed by atoms with E-state index in [1.807, 2.05) is 30.3 Å². The molecule has 1 aromatic carbocycles. The van der Waals surface area contributed by atoms with Gasteiger partial charge in [0.2, 0.25) is 0 Å². The van der Waals surface area contributed by atoms with E-state index in [4.69, 9.17) is 0 Å². The Morgan fingerprint density at radius 2 is 1.83 bits per heavy atom. The Hall–Kier alpha value is -2.74. The van der Waals surface area contributed by atoms with Gasteiger partial charge in [-0.3, -0.25) is 0 Å². The molecule has 3 rings (SSSR count). The average molecular weight is 327 g/mol.